The highest BCUT2D eigenvalue weighted by Gasteiger charge is 2.33. The van der Waals surface area contributed by atoms with Crippen LogP contribution in [0.3, 0.4) is 0 Å². The number of ketones is 2. The summed E-state index contributed by atoms with van der Waals surface area (Å²) in [6.07, 6.45) is 0. The predicted molar refractivity (Wildman–Crippen MR) is 70.7 cm³/mol. The molecule has 0 saturated heterocycles. The lowest BCUT2D eigenvalue weighted by molar-refractivity contribution is 0.0977. The van der Waals surface area contributed by atoms with E-state index in [9.17, 15) is 9.59 Å². The van der Waals surface area contributed by atoms with Crippen molar-refractivity contribution in [2.45, 2.75) is 0 Å². The van der Waals surface area contributed by atoms with Crippen molar-refractivity contribution < 1.29 is 14.3 Å². The van der Waals surface area contributed by atoms with Crippen molar-refractivity contribution in [3.63, 3.8) is 0 Å². The van der Waals surface area contributed by atoms with Gasteiger partial charge in [-0.2, -0.15) is 0 Å². The van der Waals surface area contributed by atoms with E-state index >= 15 is 0 Å². The van der Waals surface area contributed by atoms with Crippen LogP contribution in [-0.4, -0.2) is 18.7 Å². The molecule has 0 aliphatic heterocycles. The van der Waals surface area contributed by atoms with E-state index in [2.05, 4.69) is 0 Å². The molecule has 0 heterocycles. The third kappa shape index (κ3) is 1.46. The normalized spacial score (nSPS) is 12.9. The maximum absolute atomic E-state index is 12.5. The van der Waals surface area contributed by atoms with Gasteiger partial charge in [0.05, 0.1) is 18.2 Å². The molecular weight excluding hydrogens is 242 g/mol. The first-order valence-corrected chi connectivity index (χ1v) is 5.80. The number of ether oxygens (including phenoxy) is 1. The van der Waals surface area contributed by atoms with Crippen molar-refractivity contribution in [3.05, 3.63) is 58.7 Å². The summed E-state index contributed by atoms with van der Waals surface area (Å²) >= 11 is 0. The van der Waals surface area contributed by atoms with Gasteiger partial charge >= 0.3 is 0 Å². The Kier molecular flexibility index (Phi) is 2.38. The molecule has 2 N–H and O–H groups in total. The third-order valence-electron chi connectivity index (χ3n) is 3.29. The Labute approximate surface area is 109 Å². The van der Waals surface area contributed by atoms with Crippen LogP contribution in [0.1, 0.15) is 31.8 Å². The maximum atomic E-state index is 12.5. The van der Waals surface area contributed by atoms with Crippen LogP contribution in [0.25, 0.3) is 0 Å². The van der Waals surface area contributed by atoms with Gasteiger partial charge in [-0.3, -0.25) is 9.59 Å². The number of hydrogen-bond donors (Lipinski definition) is 1. The second-order valence-electron chi connectivity index (χ2n) is 4.31. The molecule has 0 radical (unpaired) electrons. The van der Waals surface area contributed by atoms with Gasteiger partial charge in [0.15, 0.2) is 11.6 Å². The van der Waals surface area contributed by atoms with E-state index in [1.807, 2.05) is 0 Å². The first-order valence-electron chi connectivity index (χ1n) is 5.80. The second-order valence-corrected chi connectivity index (χ2v) is 4.31. The van der Waals surface area contributed by atoms with Gasteiger partial charge in [-0.05, 0) is 12.1 Å². The highest BCUT2D eigenvalue weighted by molar-refractivity contribution is 6.30. The molecule has 0 bridgehead atoms. The number of benzene rings is 2. The first kappa shape index (κ1) is 11.5. The predicted octanol–water partition coefficient (Wildman–Crippen LogP) is 2.05. The lowest BCUT2D eigenvalue weighted by atomic mass is 9.83. The van der Waals surface area contributed by atoms with Gasteiger partial charge in [0.1, 0.15) is 5.75 Å². The Hall–Kier alpha value is -2.62. The average Bonchev–Trinajstić information content (AvgIpc) is 2.43. The van der Waals surface area contributed by atoms with Gasteiger partial charge < -0.3 is 10.5 Å². The SMILES string of the molecule is COc1cccc2c1C(=O)c1cccc(N)c1C2=O. The van der Waals surface area contributed by atoms with E-state index in [1.54, 1.807) is 36.4 Å². The van der Waals surface area contributed by atoms with Crippen LogP contribution < -0.4 is 10.5 Å². The van der Waals surface area contributed by atoms with Crippen LogP contribution in [0.15, 0.2) is 36.4 Å². The van der Waals surface area contributed by atoms with E-state index in [1.165, 1.54) is 7.11 Å². The van der Waals surface area contributed by atoms with E-state index in [4.69, 9.17) is 10.5 Å². The maximum Gasteiger partial charge on any atom is 0.198 e. The molecule has 4 heteroatoms. The summed E-state index contributed by atoms with van der Waals surface area (Å²) in [6.45, 7) is 0. The number of fused-ring (bicyclic) bond motifs is 2. The summed E-state index contributed by atoms with van der Waals surface area (Å²) in [4.78, 5) is 25.0. The van der Waals surface area contributed by atoms with Gasteiger partial charge in [0.25, 0.3) is 0 Å². The summed E-state index contributed by atoms with van der Waals surface area (Å²) in [5.74, 6) is -0.0557. The van der Waals surface area contributed by atoms with Crippen molar-refractivity contribution in [3.8, 4) is 5.75 Å². The van der Waals surface area contributed by atoms with E-state index in [-0.39, 0.29) is 17.1 Å². The monoisotopic (exact) mass is 253 g/mol. The zero-order valence-corrected chi connectivity index (χ0v) is 10.3. The van der Waals surface area contributed by atoms with Crippen LogP contribution in [-0.2, 0) is 0 Å². The Morgan fingerprint density at radius 3 is 2.16 bits per heavy atom. The van der Waals surface area contributed by atoms with Crippen LogP contribution in [0.5, 0.6) is 5.75 Å². The highest BCUT2D eigenvalue weighted by atomic mass is 16.5. The van der Waals surface area contributed by atoms with Gasteiger partial charge in [0.2, 0.25) is 0 Å². The van der Waals surface area contributed by atoms with E-state index in [0.29, 0.717) is 28.1 Å². The molecule has 2 aromatic carbocycles. The molecule has 94 valence electrons. The number of nitrogens with two attached hydrogens (primary N) is 1. The fraction of sp³-hybridized carbons (Fsp3) is 0.0667. The number of rotatable bonds is 1. The Morgan fingerprint density at radius 1 is 0.895 bits per heavy atom. The number of nitrogen functional groups attached to an aromatic ring is 1. The lowest BCUT2D eigenvalue weighted by Gasteiger charge is -2.20. The molecule has 1 aliphatic carbocycles. The van der Waals surface area contributed by atoms with Crippen LogP contribution >= 0.6 is 0 Å². The number of carbonyl (C=O) groups excluding carboxylic acids is 2. The largest absolute Gasteiger partial charge is 0.496 e. The summed E-state index contributed by atoms with van der Waals surface area (Å²) in [6, 6.07) is 9.87. The summed E-state index contributed by atoms with van der Waals surface area (Å²) < 4.78 is 5.17. The molecule has 0 atom stereocenters. The highest BCUT2D eigenvalue weighted by Crippen LogP contribution is 2.34. The zero-order chi connectivity index (χ0) is 13.6. The molecule has 3 rings (SSSR count). The van der Waals surface area contributed by atoms with E-state index < -0.39 is 0 Å². The molecule has 2 aromatic rings. The van der Waals surface area contributed by atoms with Crippen LogP contribution in [0.4, 0.5) is 5.69 Å². The number of methoxy groups -OCH3 is 1. The van der Waals surface area contributed by atoms with Gasteiger partial charge in [-0.25, -0.2) is 0 Å². The van der Waals surface area contributed by atoms with Gasteiger partial charge in [0, 0.05) is 16.8 Å². The molecule has 0 aromatic heterocycles. The fourth-order valence-corrected chi connectivity index (χ4v) is 2.41. The van der Waals surface area contributed by atoms with Crippen molar-refractivity contribution in [2.24, 2.45) is 0 Å². The number of carbonyl (C=O) groups is 2. The second kappa shape index (κ2) is 3.95. The Bertz CT molecular complexity index is 719. The van der Waals surface area contributed by atoms with Crippen molar-refractivity contribution in [1.29, 1.82) is 0 Å². The minimum absolute atomic E-state index is 0.227. The summed E-state index contributed by atoms with van der Waals surface area (Å²) in [5, 5.41) is 0. The standard InChI is InChI=1S/C15H11NO3/c1-19-11-7-3-5-9-13(11)15(18)8-4-2-6-10(16)12(8)14(9)17/h2-7H,16H2,1H3. The lowest BCUT2D eigenvalue weighted by Crippen LogP contribution is -2.22. The molecule has 1 aliphatic rings. The zero-order valence-electron chi connectivity index (χ0n) is 10.3. The molecule has 0 saturated carbocycles. The number of hydrogen-bond acceptors (Lipinski definition) is 4. The Balaban J connectivity index is 2.36. The van der Waals surface area contributed by atoms with Crippen LogP contribution in [0, 0.1) is 0 Å². The van der Waals surface area contributed by atoms with Crippen molar-refractivity contribution >= 4 is 17.3 Å². The molecular formula is C15H11NO3. The minimum Gasteiger partial charge on any atom is -0.496 e. The molecule has 19 heavy (non-hydrogen) atoms. The third-order valence-corrected chi connectivity index (χ3v) is 3.29. The molecule has 0 unspecified atom stereocenters. The summed E-state index contributed by atoms with van der Waals surface area (Å²) in [5.41, 5.74) is 7.42. The van der Waals surface area contributed by atoms with Crippen molar-refractivity contribution in [1.82, 2.24) is 0 Å². The first-order chi connectivity index (χ1) is 9.15. The van der Waals surface area contributed by atoms with Crippen LogP contribution in [0.2, 0.25) is 0 Å². The molecule has 0 fully saturated rings. The van der Waals surface area contributed by atoms with Crippen molar-refractivity contribution in [2.75, 3.05) is 12.8 Å². The summed E-state index contributed by atoms with van der Waals surface area (Å²) in [7, 11) is 1.47. The number of anilines is 1. The average molecular weight is 253 g/mol. The van der Waals surface area contributed by atoms with Gasteiger partial charge in [-0.1, -0.05) is 24.3 Å². The van der Waals surface area contributed by atoms with Gasteiger partial charge in [-0.15, -0.1) is 0 Å². The molecule has 0 spiro atoms. The molecule has 0 amide bonds. The molecule has 4 nitrogen and oxygen atoms in total. The van der Waals surface area contributed by atoms with E-state index in [0.717, 1.165) is 0 Å². The minimum atomic E-state index is -0.235. The smallest absolute Gasteiger partial charge is 0.198 e. The Morgan fingerprint density at radius 2 is 1.47 bits per heavy atom. The fourth-order valence-electron chi connectivity index (χ4n) is 2.41. The topological polar surface area (TPSA) is 69.4 Å². The quantitative estimate of drug-likeness (QED) is 0.674.